The van der Waals surface area contributed by atoms with Crippen molar-refractivity contribution in [1.29, 1.82) is 5.26 Å². The average molecular weight is 462 g/mol. The zero-order valence-corrected chi connectivity index (χ0v) is 17.6. The first-order chi connectivity index (χ1) is 11.2. The molecule has 0 radical (unpaired) electrons. The van der Waals surface area contributed by atoms with Gasteiger partial charge in [-0.05, 0) is 13.0 Å². The molecule has 24 heavy (non-hydrogen) atoms. The number of alkyl halides is 1. The summed E-state index contributed by atoms with van der Waals surface area (Å²) in [6.07, 6.45) is 4.76. The van der Waals surface area contributed by atoms with Gasteiger partial charge in [0.15, 0.2) is 5.75 Å². The van der Waals surface area contributed by atoms with Crippen molar-refractivity contribution in [2.24, 2.45) is 9.36 Å². The van der Waals surface area contributed by atoms with Crippen molar-refractivity contribution >= 4 is 52.7 Å². The normalized spacial score (nSPS) is 11.3. The lowest BCUT2D eigenvalue weighted by molar-refractivity contribution is 0.339. The zero-order chi connectivity index (χ0) is 18.3. The lowest BCUT2D eigenvalue weighted by atomic mass is 10.1. The minimum atomic E-state index is -2.37. The SMILES string of the molecule is C=ICc1c(C#N)c(N=CN(C)C)cc(N=S(C)(C)=O)c1OCC. The second-order valence-electron chi connectivity index (χ2n) is 5.45. The zero-order valence-electron chi connectivity index (χ0n) is 14.7. The third-order valence-electron chi connectivity index (χ3n) is 2.71. The fourth-order valence-corrected chi connectivity index (χ4v) is 3.80. The van der Waals surface area contributed by atoms with E-state index in [1.165, 1.54) is 0 Å². The number of ether oxygens (including phenoxy) is 1. The number of rotatable bonds is 7. The van der Waals surface area contributed by atoms with Crippen LogP contribution in [0.2, 0.25) is 0 Å². The molecule has 0 heterocycles. The number of nitriles is 1. The van der Waals surface area contributed by atoms with Crippen LogP contribution in [0, 0.1) is 11.3 Å². The molecule has 0 aromatic heterocycles. The van der Waals surface area contributed by atoms with E-state index in [9.17, 15) is 9.47 Å². The highest BCUT2D eigenvalue weighted by molar-refractivity contribution is 14.2. The molecule has 0 aliphatic heterocycles. The minimum absolute atomic E-state index is 0.361. The summed E-state index contributed by atoms with van der Waals surface area (Å²) in [5.41, 5.74) is 2.21. The van der Waals surface area contributed by atoms with Crippen LogP contribution in [-0.2, 0) is 14.2 Å². The molecule has 0 amide bonds. The summed E-state index contributed by atoms with van der Waals surface area (Å²) in [6.45, 7) is 2.30. The molecule has 0 atom stereocenters. The topological polar surface area (TPSA) is 78.0 Å². The van der Waals surface area contributed by atoms with E-state index in [1.54, 1.807) is 29.8 Å². The second kappa shape index (κ2) is 9.13. The van der Waals surface area contributed by atoms with Gasteiger partial charge in [0, 0.05) is 46.3 Å². The molecule has 0 saturated heterocycles. The average Bonchev–Trinajstić information content (AvgIpc) is 2.47. The van der Waals surface area contributed by atoms with Gasteiger partial charge in [-0.2, -0.15) is 9.62 Å². The summed E-state index contributed by atoms with van der Waals surface area (Å²) >= 11 is -0.361. The number of halogens is 1. The van der Waals surface area contributed by atoms with Crippen LogP contribution < -0.4 is 4.74 Å². The van der Waals surface area contributed by atoms with Crippen molar-refractivity contribution in [1.82, 2.24) is 4.90 Å². The van der Waals surface area contributed by atoms with E-state index in [1.807, 2.05) is 21.0 Å². The third-order valence-corrected chi connectivity index (χ3v) is 4.65. The molecule has 0 aliphatic rings. The van der Waals surface area contributed by atoms with E-state index < -0.39 is 9.73 Å². The molecule has 132 valence electrons. The summed E-state index contributed by atoms with van der Waals surface area (Å²) in [6, 6.07) is 3.89. The van der Waals surface area contributed by atoms with E-state index in [4.69, 9.17) is 4.74 Å². The van der Waals surface area contributed by atoms with Gasteiger partial charge in [-0.25, -0.2) is 9.20 Å². The van der Waals surface area contributed by atoms with Gasteiger partial charge in [0.05, 0.1) is 24.2 Å². The van der Waals surface area contributed by atoms with Crippen LogP contribution in [0.15, 0.2) is 15.4 Å². The van der Waals surface area contributed by atoms with Crippen molar-refractivity contribution < 1.29 is 8.95 Å². The van der Waals surface area contributed by atoms with Gasteiger partial charge in [0.2, 0.25) is 0 Å². The van der Waals surface area contributed by atoms with Crippen LogP contribution in [-0.4, -0.2) is 53.2 Å². The Bertz CT molecular complexity index is 795. The Kier molecular flexibility index (Phi) is 7.83. The molecule has 6 nitrogen and oxygen atoms in total. The highest BCUT2D eigenvalue weighted by atomic mass is 127. The number of hydrogen-bond donors (Lipinski definition) is 0. The monoisotopic (exact) mass is 462 g/mol. The number of nitrogens with zero attached hydrogens (tertiary/aromatic N) is 4. The Labute approximate surface area is 154 Å². The van der Waals surface area contributed by atoms with Gasteiger partial charge in [-0.1, -0.05) is 4.51 Å². The second-order valence-corrected chi connectivity index (χ2v) is 9.83. The van der Waals surface area contributed by atoms with Crippen LogP contribution in [0.4, 0.5) is 11.4 Å². The highest BCUT2D eigenvalue weighted by Gasteiger charge is 2.19. The van der Waals surface area contributed by atoms with Crippen LogP contribution in [0.3, 0.4) is 0 Å². The Morgan fingerprint density at radius 1 is 1.46 bits per heavy atom. The Balaban J connectivity index is 3.83. The molecule has 0 fully saturated rings. The first kappa shape index (κ1) is 20.6. The van der Waals surface area contributed by atoms with Crippen molar-refractivity contribution in [3.05, 3.63) is 17.2 Å². The van der Waals surface area contributed by atoms with Crippen molar-refractivity contribution in [2.75, 3.05) is 33.2 Å². The lowest BCUT2D eigenvalue weighted by Crippen LogP contribution is -2.07. The van der Waals surface area contributed by atoms with Crippen molar-refractivity contribution in [3.8, 4) is 11.8 Å². The van der Waals surface area contributed by atoms with Gasteiger partial charge in [-0.3, -0.25) is 0 Å². The molecule has 0 bridgehead atoms. The molecule has 0 spiro atoms. The highest BCUT2D eigenvalue weighted by Crippen LogP contribution is 2.41. The summed E-state index contributed by atoms with van der Waals surface area (Å²) < 4.78 is 26.9. The van der Waals surface area contributed by atoms with Crippen LogP contribution >= 0.6 is 20.7 Å². The van der Waals surface area contributed by atoms with Gasteiger partial charge < -0.3 is 9.64 Å². The molecule has 1 aromatic carbocycles. The maximum Gasteiger partial charge on any atom is 0.151 e. The third kappa shape index (κ3) is 5.87. The van der Waals surface area contributed by atoms with Crippen LogP contribution in [0.1, 0.15) is 18.1 Å². The standard InChI is InChI=1S/C16H23IN4O2S/c1-7-23-16-12(9-17-2)13(10-18)14(19-11-21(3)4)8-15(16)20-24(5,6)22/h8,11H,2,7,9H2,1,3-6H3. The smallest absolute Gasteiger partial charge is 0.151 e. The molecule has 0 saturated carbocycles. The number of benzene rings is 1. The van der Waals surface area contributed by atoms with E-state index in [0.717, 1.165) is 5.56 Å². The molecule has 0 aliphatic carbocycles. The molecule has 8 heteroatoms. The molecule has 0 N–H and O–H groups in total. The Hall–Kier alpha value is -1.47. The van der Waals surface area contributed by atoms with Gasteiger partial charge in [-0.15, -0.1) is 20.7 Å². The first-order valence-electron chi connectivity index (χ1n) is 7.16. The summed E-state index contributed by atoms with van der Waals surface area (Å²) in [5, 5.41) is 9.62. The van der Waals surface area contributed by atoms with Gasteiger partial charge in [0.25, 0.3) is 0 Å². The van der Waals surface area contributed by atoms with Crippen LogP contribution in [0.25, 0.3) is 0 Å². The summed E-state index contributed by atoms with van der Waals surface area (Å²) in [4.78, 5) is 6.16. The Morgan fingerprint density at radius 3 is 2.58 bits per heavy atom. The number of hydrogen-bond acceptors (Lipinski definition) is 5. The lowest BCUT2D eigenvalue weighted by Gasteiger charge is -2.15. The maximum absolute atomic E-state index is 12.2. The molecule has 0 unspecified atom stereocenters. The molecule has 1 rings (SSSR count). The quantitative estimate of drug-likeness (QED) is 0.269. The van der Waals surface area contributed by atoms with E-state index in [0.29, 0.717) is 33.7 Å². The van der Waals surface area contributed by atoms with Crippen molar-refractivity contribution in [2.45, 2.75) is 11.4 Å². The van der Waals surface area contributed by atoms with Crippen molar-refractivity contribution in [3.63, 3.8) is 0 Å². The molecular formula is C16H23IN4O2S. The minimum Gasteiger partial charge on any atom is -0.491 e. The largest absolute Gasteiger partial charge is 0.491 e. The predicted molar refractivity (Wildman–Crippen MR) is 111 cm³/mol. The number of aliphatic imine (C=N–C) groups is 1. The molecular weight excluding hydrogens is 439 g/mol. The first-order valence-corrected chi connectivity index (χ1v) is 12.5. The van der Waals surface area contributed by atoms with E-state index >= 15 is 0 Å². The van der Waals surface area contributed by atoms with Gasteiger partial charge >= 0.3 is 0 Å². The van der Waals surface area contributed by atoms with Crippen LogP contribution in [0.5, 0.6) is 5.75 Å². The molecule has 1 aromatic rings. The fourth-order valence-electron chi connectivity index (χ4n) is 1.93. The fraction of sp³-hybridized carbons (Fsp3) is 0.438. The van der Waals surface area contributed by atoms with E-state index in [2.05, 4.69) is 19.9 Å². The predicted octanol–water partition coefficient (Wildman–Crippen LogP) is 3.44. The van der Waals surface area contributed by atoms with E-state index in [-0.39, 0.29) is 20.7 Å². The maximum atomic E-state index is 12.2. The van der Waals surface area contributed by atoms with Gasteiger partial charge in [0.1, 0.15) is 11.8 Å². The summed E-state index contributed by atoms with van der Waals surface area (Å²) in [7, 11) is 1.33. The Morgan fingerprint density at radius 2 is 2.12 bits per heavy atom. The summed E-state index contributed by atoms with van der Waals surface area (Å²) in [5.74, 6) is 0.526.